The van der Waals surface area contributed by atoms with Crippen LogP contribution in [0, 0.1) is 0 Å². The van der Waals surface area contributed by atoms with Crippen LogP contribution in [0.3, 0.4) is 0 Å². The first kappa shape index (κ1) is 12.3. The predicted molar refractivity (Wildman–Crippen MR) is 67.7 cm³/mol. The van der Waals surface area contributed by atoms with Gasteiger partial charge < -0.3 is 15.2 Å². The standard InChI is InChI=1S/C13H14N2O3/c1-14-12(13(16)17)8-18-10-5-4-9-3-2-6-15-11(9)7-10/h2-7,12,14H,8H2,1H3,(H,16,17). The van der Waals surface area contributed by atoms with Gasteiger partial charge in [-0.2, -0.15) is 0 Å². The fourth-order valence-corrected chi connectivity index (χ4v) is 1.59. The zero-order chi connectivity index (χ0) is 13.0. The van der Waals surface area contributed by atoms with E-state index in [-0.39, 0.29) is 6.61 Å². The van der Waals surface area contributed by atoms with Crippen molar-refractivity contribution in [1.29, 1.82) is 0 Å². The molecule has 0 aliphatic heterocycles. The molecule has 0 aliphatic carbocycles. The fourth-order valence-electron chi connectivity index (χ4n) is 1.59. The quantitative estimate of drug-likeness (QED) is 0.831. The Kier molecular flexibility index (Phi) is 3.74. The summed E-state index contributed by atoms with van der Waals surface area (Å²) in [6, 6.07) is 8.60. The average Bonchev–Trinajstić information content (AvgIpc) is 2.39. The molecule has 0 saturated carbocycles. The van der Waals surface area contributed by atoms with Crippen molar-refractivity contribution in [3.05, 3.63) is 36.5 Å². The van der Waals surface area contributed by atoms with Crippen molar-refractivity contribution < 1.29 is 14.6 Å². The molecule has 0 spiro atoms. The molecule has 1 unspecified atom stereocenters. The van der Waals surface area contributed by atoms with E-state index in [1.165, 1.54) is 0 Å². The third kappa shape index (κ3) is 2.75. The number of carboxylic acid groups (broad SMARTS) is 1. The summed E-state index contributed by atoms with van der Waals surface area (Å²) in [4.78, 5) is 15.0. The minimum absolute atomic E-state index is 0.0736. The molecule has 1 atom stereocenters. The molecule has 5 heteroatoms. The molecule has 2 N–H and O–H groups in total. The summed E-state index contributed by atoms with van der Waals surface area (Å²) in [6.45, 7) is 0.0736. The Bertz CT molecular complexity index is 557. The summed E-state index contributed by atoms with van der Waals surface area (Å²) >= 11 is 0. The van der Waals surface area contributed by atoms with Gasteiger partial charge in [0.2, 0.25) is 0 Å². The maximum Gasteiger partial charge on any atom is 0.324 e. The minimum atomic E-state index is -0.934. The number of carbonyl (C=O) groups is 1. The summed E-state index contributed by atoms with van der Waals surface area (Å²) in [7, 11) is 1.59. The molecule has 18 heavy (non-hydrogen) atoms. The van der Waals surface area contributed by atoms with Crippen LogP contribution in [-0.4, -0.2) is 35.8 Å². The lowest BCUT2D eigenvalue weighted by atomic mass is 10.2. The number of hydrogen-bond donors (Lipinski definition) is 2. The summed E-state index contributed by atoms with van der Waals surface area (Å²) in [5.74, 6) is -0.320. The Balaban J connectivity index is 2.10. The van der Waals surface area contributed by atoms with E-state index in [1.807, 2.05) is 18.2 Å². The number of nitrogens with one attached hydrogen (secondary N) is 1. The van der Waals surface area contributed by atoms with Gasteiger partial charge in [0, 0.05) is 17.6 Å². The molecule has 1 aromatic carbocycles. The lowest BCUT2D eigenvalue weighted by Gasteiger charge is -2.12. The van der Waals surface area contributed by atoms with Crippen LogP contribution in [0.25, 0.3) is 10.9 Å². The molecular weight excluding hydrogens is 232 g/mol. The highest BCUT2D eigenvalue weighted by Crippen LogP contribution is 2.18. The lowest BCUT2D eigenvalue weighted by Crippen LogP contribution is -2.39. The normalized spacial score (nSPS) is 12.3. The van der Waals surface area contributed by atoms with E-state index in [1.54, 1.807) is 25.4 Å². The number of fused-ring (bicyclic) bond motifs is 1. The topological polar surface area (TPSA) is 71.5 Å². The Morgan fingerprint density at radius 1 is 1.50 bits per heavy atom. The molecule has 0 radical (unpaired) electrons. The Hall–Kier alpha value is -2.14. The van der Waals surface area contributed by atoms with E-state index in [0.29, 0.717) is 5.75 Å². The molecule has 0 aliphatic rings. The number of rotatable bonds is 5. The van der Waals surface area contributed by atoms with Crippen molar-refractivity contribution in [2.45, 2.75) is 6.04 Å². The highest BCUT2D eigenvalue weighted by molar-refractivity contribution is 5.79. The second-order valence-electron chi connectivity index (χ2n) is 3.85. The third-order valence-corrected chi connectivity index (χ3v) is 2.64. The second kappa shape index (κ2) is 5.46. The lowest BCUT2D eigenvalue weighted by molar-refractivity contribution is -0.140. The van der Waals surface area contributed by atoms with Crippen LogP contribution in [0.15, 0.2) is 36.5 Å². The Labute approximate surface area is 104 Å². The highest BCUT2D eigenvalue weighted by atomic mass is 16.5. The van der Waals surface area contributed by atoms with Crippen molar-refractivity contribution in [3.63, 3.8) is 0 Å². The van der Waals surface area contributed by atoms with Crippen LogP contribution in [-0.2, 0) is 4.79 Å². The first-order valence-corrected chi connectivity index (χ1v) is 5.58. The van der Waals surface area contributed by atoms with E-state index in [2.05, 4.69) is 10.3 Å². The summed E-state index contributed by atoms with van der Waals surface area (Å²) < 4.78 is 5.45. The zero-order valence-corrected chi connectivity index (χ0v) is 9.96. The van der Waals surface area contributed by atoms with Gasteiger partial charge in [0.25, 0.3) is 0 Å². The average molecular weight is 246 g/mol. The number of hydrogen-bond acceptors (Lipinski definition) is 4. The number of likely N-dealkylation sites (N-methyl/N-ethyl adjacent to an activating group) is 1. The Morgan fingerprint density at radius 3 is 3.06 bits per heavy atom. The van der Waals surface area contributed by atoms with Crippen molar-refractivity contribution in [3.8, 4) is 5.75 Å². The molecule has 2 rings (SSSR count). The largest absolute Gasteiger partial charge is 0.491 e. The first-order valence-electron chi connectivity index (χ1n) is 5.58. The number of carboxylic acids is 1. The zero-order valence-electron chi connectivity index (χ0n) is 9.96. The smallest absolute Gasteiger partial charge is 0.324 e. The van der Waals surface area contributed by atoms with E-state index in [9.17, 15) is 4.79 Å². The van der Waals surface area contributed by atoms with Gasteiger partial charge in [-0.1, -0.05) is 6.07 Å². The van der Waals surface area contributed by atoms with Crippen molar-refractivity contribution in [1.82, 2.24) is 10.3 Å². The van der Waals surface area contributed by atoms with Crippen molar-refractivity contribution >= 4 is 16.9 Å². The van der Waals surface area contributed by atoms with Crippen LogP contribution in [0.2, 0.25) is 0 Å². The molecule has 2 aromatic rings. The van der Waals surface area contributed by atoms with Crippen LogP contribution >= 0.6 is 0 Å². The summed E-state index contributed by atoms with van der Waals surface area (Å²) in [5.41, 5.74) is 0.825. The maximum atomic E-state index is 10.8. The predicted octanol–water partition coefficient (Wildman–Crippen LogP) is 1.29. The second-order valence-corrected chi connectivity index (χ2v) is 3.85. The van der Waals surface area contributed by atoms with Gasteiger partial charge >= 0.3 is 5.97 Å². The highest BCUT2D eigenvalue weighted by Gasteiger charge is 2.15. The maximum absolute atomic E-state index is 10.8. The van der Waals surface area contributed by atoms with E-state index in [4.69, 9.17) is 9.84 Å². The molecule has 1 heterocycles. The summed E-state index contributed by atoms with van der Waals surface area (Å²) in [6.07, 6.45) is 1.71. The van der Waals surface area contributed by atoms with Crippen LogP contribution in [0.4, 0.5) is 0 Å². The number of ether oxygens (including phenoxy) is 1. The number of aliphatic carboxylic acids is 1. The number of pyridine rings is 1. The van der Waals surface area contributed by atoms with Crippen LogP contribution in [0.5, 0.6) is 5.75 Å². The molecule has 5 nitrogen and oxygen atoms in total. The van der Waals surface area contributed by atoms with Crippen LogP contribution < -0.4 is 10.1 Å². The molecule has 94 valence electrons. The molecular formula is C13H14N2O3. The first-order chi connectivity index (χ1) is 8.70. The monoisotopic (exact) mass is 246 g/mol. The molecule has 1 aromatic heterocycles. The van der Waals surface area contributed by atoms with Gasteiger partial charge in [0.1, 0.15) is 18.4 Å². The Morgan fingerprint density at radius 2 is 2.33 bits per heavy atom. The number of benzene rings is 1. The van der Waals surface area contributed by atoms with Gasteiger partial charge in [-0.25, -0.2) is 0 Å². The molecule has 0 fully saturated rings. The van der Waals surface area contributed by atoms with E-state index >= 15 is 0 Å². The van der Waals surface area contributed by atoms with E-state index in [0.717, 1.165) is 10.9 Å². The van der Waals surface area contributed by atoms with Crippen molar-refractivity contribution in [2.24, 2.45) is 0 Å². The van der Waals surface area contributed by atoms with E-state index < -0.39 is 12.0 Å². The third-order valence-electron chi connectivity index (χ3n) is 2.64. The van der Waals surface area contributed by atoms with Gasteiger partial charge in [-0.15, -0.1) is 0 Å². The van der Waals surface area contributed by atoms with Gasteiger partial charge in [0.05, 0.1) is 5.52 Å². The van der Waals surface area contributed by atoms with Crippen molar-refractivity contribution in [2.75, 3.05) is 13.7 Å². The van der Waals surface area contributed by atoms with Gasteiger partial charge in [-0.05, 0) is 25.2 Å². The van der Waals surface area contributed by atoms with Crippen LogP contribution in [0.1, 0.15) is 0 Å². The fraction of sp³-hybridized carbons (Fsp3) is 0.231. The molecule has 0 saturated heterocycles. The number of aromatic nitrogens is 1. The minimum Gasteiger partial charge on any atom is -0.491 e. The summed E-state index contributed by atoms with van der Waals surface area (Å²) in [5, 5.41) is 12.6. The van der Waals surface area contributed by atoms with Gasteiger partial charge in [0.15, 0.2) is 0 Å². The molecule has 0 bridgehead atoms. The number of nitrogens with zero attached hydrogens (tertiary/aromatic N) is 1. The SMILES string of the molecule is CNC(COc1ccc2cccnc2c1)C(=O)O. The van der Waals surface area contributed by atoms with Gasteiger partial charge in [-0.3, -0.25) is 9.78 Å². The molecule has 0 amide bonds.